The molecule has 0 bridgehead atoms. The van der Waals surface area contributed by atoms with E-state index in [0.29, 0.717) is 0 Å². The van der Waals surface area contributed by atoms with Crippen molar-refractivity contribution in [3.63, 3.8) is 0 Å². The summed E-state index contributed by atoms with van der Waals surface area (Å²) in [5.41, 5.74) is 12.5. The maximum Gasteiger partial charge on any atom is 0.346 e. The molecule has 21 heavy (non-hydrogen) atoms. The van der Waals surface area contributed by atoms with E-state index in [0.717, 1.165) is 11.8 Å². The number of hydrogen-bond acceptors (Lipinski definition) is 5. The minimum Gasteiger partial charge on any atom is -0.388 e. The first kappa shape index (κ1) is 15.2. The van der Waals surface area contributed by atoms with Crippen LogP contribution in [0.5, 0.6) is 0 Å². The van der Waals surface area contributed by atoms with Crippen LogP contribution in [0.3, 0.4) is 0 Å². The Morgan fingerprint density at radius 1 is 0.905 bits per heavy atom. The van der Waals surface area contributed by atoms with Gasteiger partial charge in [-0.15, -0.1) is 0 Å². The third-order valence-electron chi connectivity index (χ3n) is 2.88. The highest BCUT2D eigenvalue weighted by Gasteiger charge is 2.39. The molecule has 2 rings (SSSR count). The second kappa shape index (κ2) is 6.09. The number of benzene rings is 2. The van der Waals surface area contributed by atoms with Crippen LogP contribution in [0.25, 0.3) is 6.08 Å². The lowest BCUT2D eigenvalue weighted by molar-refractivity contribution is 0.404. The SMILES string of the molecule is NC(N)(c1ccccc1)S(=O)(=O)OC=Cc1ccccc1. The number of nitrogens with two attached hydrogens (primary N) is 2. The van der Waals surface area contributed by atoms with Crippen LogP contribution in [0.4, 0.5) is 0 Å². The molecule has 0 saturated heterocycles. The van der Waals surface area contributed by atoms with Crippen molar-refractivity contribution >= 4 is 16.2 Å². The van der Waals surface area contributed by atoms with E-state index in [2.05, 4.69) is 0 Å². The Kier molecular flexibility index (Phi) is 4.42. The van der Waals surface area contributed by atoms with Gasteiger partial charge in [0.05, 0.1) is 0 Å². The van der Waals surface area contributed by atoms with Gasteiger partial charge in [-0.3, -0.25) is 11.5 Å². The molecule has 5 nitrogen and oxygen atoms in total. The summed E-state index contributed by atoms with van der Waals surface area (Å²) in [6.07, 6.45) is 2.57. The molecule has 2 aromatic rings. The third kappa shape index (κ3) is 3.49. The molecule has 110 valence electrons. The summed E-state index contributed by atoms with van der Waals surface area (Å²) < 4.78 is 29.0. The molecule has 6 heteroatoms. The molecule has 4 N–H and O–H groups in total. The van der Waals surface area contributed by atoms with Crippen molar-refractivity contribution in [1.82, 2.24) is 0 Å². The van der Waals surface area contributed by atoms with Crippen LogP contribution < -0.4 is 11.5 Å². The molecule has 0 aliphatic rings. The van der Waals surface area contributed by atoms with Crippen LogP contribution in [0.15, 0.2) is 66.9 Å². The average Bonchev–Trinajstić information content (AvgIpc) is 2.49. The van der Waals surface area contributed by atoms with Crippen LogP contribution in [0, 0.1) is 0 Å². The lowest BCUT2D eigenvalue weighted by Crippen LogP contribution is -2.53. The van der Waals surface area contributed by atoms with Crippen molar-refractivity contribution in [3.05, 3.63) is 78.1 Å². The predicted molar refractivity (Wildman–Crippen MR) is 82.0 cm³/mol. The highest BCUT2D eigenvalue weighted by atomic mass is 32.2. The van der Waals surface area contributed by atoms with Crippen molar-refractivity contribution in [3.8, 4) is 0 Å². The van der Waals surface area contributed by atoms with E-state index in [1.54, 1.807) is 18.2 Å². The van der Waals surface area contributed by atoms with E-state index >= 15 is 0 Å². The van der Waals surface area contributed by atoms with E-state index in [1.165, 1.54) is 18.2 Å². The summed E-state index contributed by atoms with van der Waals surface area (Å²) in [6, 6.07) is 17.2. The summed E-state index contributed by atoms with van der Waals surface area (Å²) in [5, 5.41) is 0. The first-order valence-electron chi connectivity index (χ1n) is 6.21. The molecule has 2 aromatic carbocycles. The van der Waals surface area contributed by atoms with Crippen LogP contribution in [0.1, 0.15) is 11.1 Å². The Hall–Kier alpha value is -2.15. The Labute approximate surface area is 124 Å². The fraction of sp³-hybridized carbons (Fsp3) is 0.0667. The van der Waals surface area contributed by atoms with E-state index in [-0.39, 0.29) is 5.56 Å². The lowest BCUT2D eigenvalue weighted by Gasteiger charge is -2.23. The zero-order valence-electron chi connectivity index (χ0n) is 11.2. The van der Waals surface area contributed by atoms with E-state index in [4.69, 9.17) is 15.7 Å². The van der Waals surface area contributed by atoms with Gasteiger partial charge in [-0.25, -0.2) is 0 Å². The van der Waals surface area contributed by atoms with Gasteiger partial charge in [0.25, 0.3) is 0 Å². The summed E-state index contributed by atoms with van der Waals surface area (Å²) in [5.74, 6) is 0. The summed E-state index contributed by atoms with van der Waals surface area (Å²) in [6.45, 7) is 0. The molecular formula is C15H16N2O3S. The minimum absolute atomic E-state index is 0.248. The van der Waals surface area contributed by atoms with Gasteiger partial charge in [-0.05, 0) is 11.6 Å². The minimum atomic E-state index is -4.21. The fourth-order valence-corrected chi connectivity index (χ4v) is 2.45. The third-order valence-corrected chi connectivity index (χ3v) is 4.31. The number of hydrogen-bond donors (Lipinski definition) is 2. The van der Waals surface area contributed by atoms with Crippen molar-refractivity contribution in [2.45, 2.75) is 4.99 Å². The second-order valence-corrected chi connectivity index (χ2v) is 6.20. The van der Waals surface area contributed by atoms with Gasteiger partial charge in [0.2, 0.25) is 4.99 Å². The molecular weight excluding hydrogens is 288 g/mol. The molecule has 0 amide bonds. The maximum atomic E-state index is 12.1. The van der Waals surface area contributed by atoms with Gasteiger partial charge in [-0.1, -0.05) is 60.7 Å². The van der Waals surface area contributed by atoms with Gasteiger partial charge < -0.3 is 4.18 Å². The van der Waals surface area contributed by atoms with Crippen molar-refractivity contribution in [2.75, 3.05) is 0 Å². The summed E-state index contributed by atoms with van der Waals surface area (Å²) >= 11 is 0. The van der Waals surface area contributed by atoms with Crippen LogP contribution in [-0.2, 0) is 19.3 Å². The van der Waals surface area contributed by atoms with E-state index < -0.39 is 15.1 Å². The summed E-state index contributed by atoms with van der Waals surface area (Å²) in [7, 11) is -4.21. The number of rotatable bonds is 5. The normalized spacial score (nSPS) is 12.5. The van der Waals surface area contributed by atoms with Gasteiger partial charge in [0, 0.05) is 5.56 Å². The lowest BCUT2D eigenvalue weighted by atomic mass is 10.2. The van der Waals surface area contributed by atoms with Crippen LogP contribution >= 0.6 is 0 Å². The molecule has 0 fully saturated rings. The monoisotopic (exact) mass is 304 g/mol. The summed E-state index contributed by atoms with van der Waals surface area (Å²) in [4.78, 5) is -2.12. The molecule has 0 aliphatic heterocycles. The van der Waals surface area contributed by atoms with Crippen molar-refractivity contribution in [1.29, 1.82) is 0 Å². The molecule has 0 atom stereocenters. The topological polar surface area (TPSA) is 95.4 Å². The standard InChI is InChI=1S/C15H16N2O3S/c16-15(17,14-9-5-2-6-10-14)21(18,19)20-12-11-13-7-3-1-4-8-13/h1-12H,16-17H2. The molecule has 0 radical (unpaired) electrons. The Bertz CT molecular complexity index is 711. The first-order valence-corrected chi connectivity index (χ1v) is 7.62. The zero-order valence-corrected chi connectivity index (χ0v) is 12.0. The zero-order chi connectivity index (χ0) is 15.3. The fourth-order valence-electron chi connectivity index (χ4n) is 1.67. The maximum absolute atomic E-state index is 12.1. The van der Waals surface area contributed by atoms with E-state index in [1.807, 2.05) is 30.3 Å². The van der Waals surface area contributed by atoms with Crippen molar-refractivity contribution < 1.29 is 12.6 Å². The molecule has 0 heterocycles. The highest BCUT2D eigenvalue weighted by molar-refractivity contribution is 7.87. The van der Waals surface area contributed by atoms with Gasteiger partial charge in [-0.2, -0.15) is 8.42 Å². The Morgan fingerprint density at radius 2 is 1.43 bits per heavy atom. The Morgan fingerprint density at radius 3 is 2.00 bits per heavy atom. The molecule has 0 spiro atoms. The first-order chi connectivity index (χ1) is 9.93. The predicted octanol–water partition coefficient (Wildman–Crippen LogP) is 1.73. The molecule has 0 aromatic heterocycles. The molecule has 0 aliphatic carbocycles. The quantitative estimate of drug-likeness (QED) is 0.498. The molecule has 0 saturated carbocycles. The van der Waals surface area contributed by atoms with Gasteiger partial charge in [0.15, 0.2) is 0 Å². The Balaban J connectivity index is 2.17. The second-order valence-electron chi connectivity index (χ2n) is 4.42. The van der Waals surface area contributed by atoms with Crippen LogP contribution in [0.2, 0.25) is 0 Å². The van der Waals surface area contributed by atoms with Gasteiger partial charge >= 0.3 is 10.1 Å². The highest BCUT2D eigenvalue weighted by Crippen LogP contribution is 2.21. The van der Waals surface area contributed by atoms with Crippen LogP contribution in [-0.4, -0.2) is 8.42 Å². The largest absolute Gasteiger partial charge is 0.388 e. The molecule has 0 unspecified atom stereocenters. The van der Waals surface area contributed by atoms with E-state index in [9.17, 15) is 8.42 Å². The smallest absolute Gasteiger partial charge is 0.346 e. The van der Waals surface area contributed by atoms with Gasteiger partial charge in [0.1, 0.15) is 6.26 Å². The average molecular weight is 304 g/mol. The van der Waals surface area contributed by atoms with Crippen molar-refractivity contribution in [2.24, 2.45) is 11.5 Å².